The summed E-state index contributed by atoms with van der Waals surface area (Å²) < 4.78 is 36.2. The van der Waals surface area contributed by atoms with Crippen molar-refractivity contribution in [2.45, 2.75) is 29.7 Å². The second kappa shape index (κ2) is 4.42. The Morgan fingerprint density at radius 1 is 1.12 bits per heavy atom. The molecule has 0 amide bonds. The zero-order valence-electron chi connectivity index (χ0n) is 8.93. The first-order chi connectivity index (χ1) is 7.24. The molecular formula is C12H11F3S. The highest BCUT2D eigenvalue weighted by Crippen LogP contribution is 2.37. The average Bonchev–Trinajstić information content (AvgIpc) is 2.16. The van der Waals surface area contributed by atoms with Crippen molar-refractivity contribution in [1.29, 1.82) is 0 Å². The average molecular weight is 244 g/mol. The molecule has 0 aliphatic carbocycles. The Morgan fingerprint density at radius 2 is 1.62 bits per heavy atom. The van der Waals surface area contributed by atoms with Gasteiger partial charge in [-0.15, -0.1) is 6.42 Å². The molecule has 0 atom stereocenters. The summed E-state index contributed by atoms with van der Waals surface area (Å²) in [6.07, 6.45) is 5.34. The fourth-order valence-electron chi connectivity index (χ4n) is 1.16. The van der Waals surface area contributed by atoms with E-state index in [9.17, 15) is 13.2 Å². The number of benzene rings is 1. The van der Waals surface area contributed by atoms with E-state index in [1.54, 1.807) is 12.1 Å². The number of halogens is 3. The molecular weight excluding hydrogens is 233 g/mol. The second-order valence-electron chi connectivity index (χ2n) is 3.84. The van der Waals surface area contributed by atoms with Crippen molar-refractivity contribution in [1.82, 2.24) is 0 Å². The van der Waals surface area contributed by atoms with Crippen LogP contribution in [0.3, 0.4) is 0 Å². The molecule has 0 bridgehead atoms. The van der Waals surface area contributed by atoms with Crippen molar-refractivity contribution in [3.8, 4) is 12.3 Å². The highest BCUT2D eigenvalue weighted by Gasteiger charge is 2.29. The molecule has 0 spiro atoms. The smallest absolute Gasteiger partial charge is 0.160 e. The lowest BCUT2D eigenvalue weighted by Crippen LogP contribution is -2.13. The summed E-state index contributed by atoms with van der Waals surface area (Å²) in [5.74, 6) is 2.60. The molecule has 0 aliphatic heterocycles. The van der Waals surface area contributed by atoms with Gasteiger partial charge in [0.05, 0.1) is 5.41 Å². The fourth-order valence-corrected chi connectivity index (χ4v) is 1.70. The van der Waals surface area contributed by atoms with Crippen LogP contribution in [0.2, 0.25) is 0 Å². The summed E-state index contributed by atoms with van der Waals surface area (Å²) in [5, 5.41) is 0. The van der Waals surface area contributed by atoms with Crippen LogP contribution in [0.1, 0.15) is 19.4 Å². The second-order valence-corrected chi connectivity index (χ2v) is 4.98. The third-order valence-electron chi connectivity index (χ3n) is 2.17. The van der Waals surface area contributed by atoms with Gasteiger partial charge < -0.3 is 0 Å². The van der Waals surface area contributed by atoms with Crippen LogP contribution in [0.25, 0.3) is 0 Å². The van der Waals surface area contributed by atoms with Crippen LogP contribution in [-0.2, 0) is 5.41 Å². The first kappa shape index (κ1) is 13.0. The van der Waals surface area contributed by atoms with Crippen molar-refractivity contribution >= 4 is 11.8 Å². The number of rotatable bonds is 2. The molecule has 0 radical (unpaired) electrons. The van der Waals surface area contributed by atoms with Gasteiger partial charge in [-0.3, -0.25) is 0 Å². The summed E-state index contributed by atoms with van der Waals surface area (Å²) in [7, 11) is 0. The van der Waals surface area contributed by atoms with E-state index in [0.717, 1.165) is 5.56 Å². The highest BCUT2D eigenvalue weighted by molar-refractivity contribution is 8.00. The van der Waals surface area contributed by atoms with Crippen LogP contribution in [-0.4, -0.2) is 5.51 Å². The van der Waals surface area contributed by atoms with E-state index in [2.05, 4.69) is 5.92 Å². The molecule has 86 valence electrons. The zero-order chi connectivity index (χ0) is 12.4. The van der Waals surface area contributed by atoms with Gasteiger partial charge in [0, 0.05) is 4.90 Å². The predicted octanol–water partition coefficient (Wildman–Crippen LogP) is 4.21. The van der Waals surface area contributed by atoms with E-state index in [-0.39, 0.29) is 16.7 Å². The molecule has 0 N–H and O–H groups in total. The van der Waals surface area contributed by atoms with Gasteiger partial charge in [0.15, 0.2) is 0 Å². The molecule has 0 aromatic heterocycles. The van der Waals surface area contributed by atoms with Crippen LogP contribution >= 0.6 is 11.8 Å². The lowest BCUT2D eigenvalue weighted by molar-refractivity contribution is -0.0328. The van der Waals surface area contributed by atoms with E-state index in [4.69, 9.17) is 6.42 Å². The summed E-state index contributed by atoms with van der Waals surface area (Å²) in [5.41, 5.74) is -3.87. The van der Waals surface area contributed by atoms with E-state index in [1.807, 2.05) is 13.8 Å². The quantitative estimate of drug-likeness (QED) is 0.554. The third kappa shape index (κ3) is 3.49. The van der Waals surface area contributed by atoms with Gasteiger partial charge in [0.2, 0.25) is 0 Å². The molecule has 0 saturated carbocycles. The summed E-state index contributed by atoms with van der Waals surface area (Å²) in [4.78, 5) is 0.170. The van der Waals surface area contributed by atoms with Crippen molar-refractivity contribution in [3.05, 3.63) is 29.8 Å². The number of thioether (sulfide) groups is 1. The zero-order valence-corrected chi connectivity index (χ0v) is 9.75. The van der Waals surface area contributed by atoms with Gasteiger partial charge in [-0.1, -0.05) is 18.1 Å². The summed E-state index contributed by atoms with van der Waals surface area (Å²) in [6.45, 7) is 3.69. The standard InChI is InChI=1S/C12H11F3S/c1-4-11(2,3)9-5-7-10(8-6-9)16-12(13,14)15/h1,5-8H,2-3H3. The molecule has 0 aliphatic rings. The van der Waals surface area contributed by atoms with E-state index < -0.39 is 10.9 Å². The number of hydrogen-bond donors (Lipinski definition) is 0. The van der Waals surface area contributed by atoms with Gasteiger partial charge in [-0.05, 0) is 43.3 Å². The van der Waals surface area contributed by atoms with Crippen molar-refractivity contribution in [2.24, 2.45) is 0 Å². The maximum Gasteiger partial charge on any atom is 0.446 e. The molecule has 0 heterocycles. The Hall–Kier alpha value is -1.08. The maximum atomic E-state index is 12.1. The molecule has 1 aromatic carbocycles. The van der Waals surface area contributed by atoms with Gasteiger partial charge in [0.25, 0.3) is 0 Å². The molecule has 4 heteroatoms. The molecule has 1 aromatic rings. The van der Waals surface area contributed by atoms with E-state index >= 15 is 0 Å². The molecule has 0 fully saturated rings. The lowest BCUT2D eigenvalue weighted by atomic mass is 9.86. The lowest BCUT2D eigenvalue weighted by Gasteiger charge is -2.18. The molecule has 0 saturated heterocycles. The highest BCUT2D eigenvalue weighted by atomic mass is 32.2. The first-order valence-electron chi connectivity index (χ1n) is 4.59. The molecule has 16 heavy (non-hydrogen) atoms. The maximum absolute atomic E-state index is 12.1. The minimum absolute atomic E-state index is 0.124. The van der Waals surface area contributed by atoms with Crippen LogP contribution in [0.5, 0.6) is 0 Å². The predicted molar refractivity (Wildman–Crippen MR) is 60.2 cm³/mol. The first-order valence-corrected chi connectivity index (χ1v) is 5.40. The SMILES string of the molecule is C#CC(C)(C)c1ccc(SC(F)(F)F)cc1. The normalized spacial score (nSPS) is 12.2. The number of alkyl halides is 3. The minimum Gasteiger partial charge on any atom is -0.160 e. The van der Waals surface area contributed by atoms with Gasteiger partial charge in [-0.25, -0.2) is 0 Å². The minimum atomic E-state index is -4.25. The third-order valence-corrected chi connectivity index (χ3v) is 2.91. The van der Waals surface area contributed by atoms with Crippen LogP contribution < -0.4 is 0 Å². The van der Waals surface area contributed by atoms with Crippen LogP contribution in [0.15, 0.2) is 29.2 Å². The van der Waals surface area contributed by atoms with Crippen molar-refractivity contribution in [2.75, 3.05) is 0 Å². The van der Waals surface area contributed by atoms with E-state index in [0.29, 0.717) is 0 Å². The monoisotopic (exact) mass is 244 g/mol. The Bertz CT molecular complexity index is 396. The summed E-state index contributed by atoms with van der Waals surface area (Å²) >= 11 is -0.124. The fraction of sp³-hybridized carbons (Fsp3) is 0.333. The Morgan fingerprint density at radius 3 is 2.00 bits per heavy atom. The van der Waals surface area contributed by atoms with Gasteiger partial charge in [0.1, 0.15) is 0 Å². The topological polar surface area (TPSA) is 0 Å². The number of terminal acetylenes is 1. The Labute approximate surface area is 97.2 Å². The van der Waals surface area contributed by atoms with Crippen molar-refractivity contribution < 1.29 is 13.2 Å². The van der Waals surface area contributed by atoms with Gasteiger partial charge >= 0.3 is 5.51 Å². The van der Waals surface area contributed by atoms with Crippen LogP contribution in [0, 0.1) is 12.3 Å². The number of hydrogen-bond acceptors (Lipinski definition) is 1. The molecule has 1 rings (SSSR count). The largest absolute Gasteiger partial charge is 0.446 e. The molecule has 0 nitrogen and oxygen atoms in total. The Balaban J connectivity index is 2.89. The molecule has 0 unspecified atom stereocenters. The van der Waals surface area contributed by atoms with E-state index in [1.165, 1.54) is 12.1 Å². The summed E-state index contributed by atoms with van der Waals surface area (Å²) in [6, 6.07) is 6.14. The van der Waals surface area contributed by atoms with Gasteiger partial charge in [-0.2, -0.15) is 13.2 Å². The van der Waals surface area contributed by atoms with Crippen molar-refractivity contribution in [3.63, 3.8) is 0 Å². The van der Waals surface area contributed by atoms with Crippen LogP contribution in [0.4, 0.5) is 13.2 Å². The Kier molecular flexibility index (Phi) is 3.59.